The molecule has 1 fully saturated rings. The van der Waals surface area contributed by atoms with Gasteiger partial charge in [0.15, 0.2) is 5.82 Å². The van der Waals surface area contributed by atoms with Crippen molar-refractivity contribution >= 4 is 5.82 Å². The Balaban J connectivity index is 2.02. The summed E-state index contributed by atoms with van der Waals surface area (Å²) in [5.74, 6) is 1.82. The highest BCUT2D eigenvalue weighted by molar-refractivity contribution is 5.60. The Hall–Kier alpha value is -2.01. The molecule has 0 aromatic carbocycles. The van der Waals surface area contributed by atoms with Crippen LogP contribution in [-0.2, 0) is 0 Å². The minimum absolute atomic E-state index is 0.0976. The monoisotopic (exact) mass is 297 g/mol. The lowest BCUT2D eigenvalue weighted by molar-refractivity contribution is 0.351. The summed E-state index contributed by atoms with van der Waals surface area (Å²) < 4.78 is 0. The van der Waals surface area contributed by atoms with Crippen LogP contribution in [0.5, 0.6) is 0 Å². The number of aromatic nitrogens is 3. The Morgan fingerprint density at radius 3 is 2.55 bits per heavy atom. The second kappa shape index (κ2) is 5.65. The number of pyridine rings is 1. The molecule has 5 heteroatoms. The fraction of sp³-hybridized carbons (Fsp3) is 0.471. The predicted octanol–water partition coefficient (Wildman–Crippen LogP) is 2.34. The predicted molar refractivity (Wildman–Crippen MR) is 89.0 cm³/mol. The van der Waals surface area contributed by atoms with Gasteiger partial charge in [0, 0.05) is 54.4 Å². The summed E-state index contributed by atoms with van der Waals surface area (Å²) in [7, 11) is 0. The van der Waals surface area contributed by atoms with E-state index in [-0.39, 0.29) is 5.54 Å². The van der Waals surface area contributed by atoms with E-state index in [1.54, 1.807) is 12.4 Å². The standard InChI is InChI=1S/C17H23N5/c1-12-13(2)20-15(14-5-7-18-8-6-14)21-16(12)22-10-9-19-17(3,4)11-22/h5-8,19H,9-11H2,1-4H3. The third-order valence-electron chi connectivity index (χ3n) is 4.17. The van der Waals surface area contributed by atoms with Crippen LogP contribution in [0.3, 0.4) is 0 Å². The van der Waals surface area contributed by atoms with E-state index < -0.39 is 0 Å². The molecule has 0 saturated carbocycles. The fourth-order valence-electron chi connectivity index (χ4n) is 2.87. The number of rotatable bonds is 2. The van der Waals surface area contributed by atoms with Gasteiger partial charge in [0.25, 0.3) is 0 Å². The molecule has 1 aliphatic rings. The first-order chi connectivity index (χ1) is 10.5. The first kappa shape index (κ1) is 14.9. The topological polar surface area (TPSA) is 53.9 Å². The average Bonchev–Trinajstić information content (AvgIpc) is 2.49. The number of aryl methyl sites for hydroxylation is 1. The molecule has 3 heterocycles. The van der Waals surface area contributed by atoms with Gasteiger partial charge in [0.1, 0.15) is 5.82 Å². The number of nitrogens with one attached hydrogen (secondary N) is 1. The quantitative estimate of drug-likeness (QED) is 0.922. The number of hydrogen-bond acceptors (Lipinski definition) is 5. The van der Waals surface area contributed by atoms with E-state index in [1.165, 1.54) is 0 Å². The van der Waals surface area contributed by atoms with Crippen LogP contribution < -0.4 is 10.2 Å². The SMILES string of the molecule is Cc1nc(-c2ccncc2)nc(N2CCNC(C)(C)C2)c1C. The summed E-state index contributed by atoms with van der Waals surface area (Å²) in [4.78, 5) is 15.9. The molecule has 0 amide bonds. The molecule has 0 spiro atoms. The maximum Gasteiger partial charge on any atom is 0.161 e. The van der Waals surface area contributed by atoms with E-state index in [4.69, 9.17) is 4.98 Å². The van der Waals surface area contributed by atoms with Gasteiger partial charge < -0.3 is 10.2 Å². The van der Waals surface area contributed by atoms with E-state index in [2.05, 4.69) is 47.9 Å². The zero-order valence-electron chi connectivity index (χ0n) is 13.7. The Morgan fingerprint density at radius 2 is 1.86 bits per heavy atom. The third kappa shape index (κ3) is 2.95. The van der Waals surface area contributed by atoms with E-state index in [9.17, 15) is 0 Å². The molecule has 0 radical (unpaired) electrons. The second-order valence-corrected chi connectivity index (χ2v) is 6.55. The normalized spacial score (nSPS) is 17.5. The summed E-state index contributed by atoms with van der Waals surface area (Å²) in [6.07, 6.45) is 3.56. The summed E-state index contributed by atoms with van der Waals surface area (Å²) >= 11 is 0. The van der Waals surface area contributed by atoms with Gasteiger partial charge in [0.05, 0.1) is 0 Å². The van der Waals surface area contributed by atoms with Gasteiger partial charge >= 0.3 is 0 Å². The zero-order chi connectivity index (χ0) is 15.7. The Kier molecular flexibility index (Phi) is 3.83. The zero-order valence-corrected chi connectivity index (χ0v) is 13.7. The minimum Gasteiger partial charge on any atom is -0.353 e. The molecule has 1 aliphatic heterocycles. The van der Waals surface area contributed by atoms with Crippen LogP contribution in [0.2, 0.25) is 0 Å². The smallest absolute Gasteiger partial charge is 0.161 e. The number of anilines is 1. The molecule has 2 aromatic heterocycles. The fourth-order valence-corrected chi connectivity index (χ4v) is 2.87. The molecule has 0 atom stereocenters. The van der Waals surface area contributed by atoms with Crippen molar-refractivity contribution in [1.29, 1.82) is 0 Å². The minimum atomic E-state index is 0.0976. The lowest BCUT2D eigenvalue weighted by atomic mass is 10.0. The molecule has 2 aromatic rings. The van der Waals surface area contributed by atoms with Gasteiger partial charge in [-0.25, -0.2) is 9.97 Å². The van der Waals surface area contributed by atoms with E-state index in [0.29, 0.717) is 0 Å². The van der Waals surface area contributed by atoms with Gasteiger partial charge in [-0.15, -0.1) is 0 Å². The van der Waals surface area contributed by atoms with Crippen LogP contribution in [0.4, 0.5) is 5.82 Å². The van der Waals surface area contributed by atoms with Gasteiger partial charge in [-0.3, -0.25) is 4.98 Å². The van der Waals surface area contributed by atoms with Crippen LogP contribution in [0.15, 0.2) is 24.5 Å². The van der Waals surface area contributed by atoms with Crippen molar-refractivity contribution in [2.45, 2.75) is 33.2 Å². The number of nitrogens with zero attached hydrogens (tertiary/aromatic N) is 4. The van der Waals surface area contributed by atoms with Crippen molar-refractivity contribution in [3.05, 3.63) is 35.8 Å². The second-order valence-electron chi connectivity index (χ2n) is 6.55. The average molecular weight is 297 g/mol. The third-order valence-corrected chi connectivity index (χ3v) is 4.17. The maximum atomic E-state index is 4.85. The van der Waals surface area contributed by atoms with Crippen molar-refractivity contribution in [3.63, 3.8) is 0 Å². The van der Waals surface area contributed by atoms with Gasteiger partial charge in [-0.2, -0.15) is 0 Å². The van der Waals surface area contributed by atoms with Crippen molar-refractivity contribution < 1.29 is 0 Å². The Morgan fingerprint density at radius 1 is 1.14 bits per heavy atom. The van der Waals surface area contributed by atoms with Crippen LogP contribution in [0.25, 0.3) is 11.4 Å². The van der Waals surface area contributed by atoms with E-state index >= 15 is 0 Å². The highest BCUT2D eigenvalue weighted by atomic mass is 15.3. The molecule has 0 unspecified atom stereocenters. The highest BCUT2D eigenvalue weighted by Crippen LogP contribution is 2.26. The maximum absolute atomic E-state index is 4.85. The highest BCUT2D eigenvalue weighted by Gasteiger charge is 2.28. The van der Waals surface area contributed by atoms with Gasteiger partial charge in [-0.05, 0) is 39.8 Å². The first-order valence-corrected chi connectivity index (χ1v) is 7.72. The van der Waals surface area contributed by atoms with E-state index in [0.717, 1.165) is 48.1 Å². The lowest BCUT2D eigenvalue weighted by Gasteiger charge is -2.40. The molecule has 22 heavy (non-hydrogen) atoms. The van der Waals surface area contributed by atoms with Gasteiger partial charge in [0.2, 0.25) is 0 Å². The van der Waals surface area contributed by atoms with Crippen LogP contribution in [0.1, 0.15) is 25.1 Å². The van der Waals surface area contributed by atoms with Crippen LogP contribution in [0, 0.1) is 13.8 Å². The van der Waals surface area contributed by atoms with E-state index in [1.807, 2.05) is 12.1 Å². The van der Waals surface area contributed by atoms with Crippen molar-refractivity contribution in [2.24, 2.45) is 0 Å². The molecular formula is C17H23N5. The molecule has 116 valence electrons. The molecule has 0 bridgehead atoms. The first-order valence-electron chi connectivity index (χ1n) is 7.72. The molecule has 3 rings (SSSR count). The van der Waals surface area contributed by atoms with Gasteiger partial charge in [-0.1, -0.05) is 0 Å². The Bertz CT molecular complexity index is 666. The van der Waals surface area contributed by atoms with Crippen LogP contribution in [-0.4, -0.2) is 40.1 Å². The summed E-state index contributed by atoms with van der Waals surface area (Å²) in [6.45, 7) is 11.5. The Labute approximate surface area is 131 Å². The molecule has 1 N–H and O–H groups in total. The van der Waals surface area contributed by atoms with Crippen molar-refractivity contribution in [1.82, 2.24) is 20.3 Å². The summed E-state index contributed by atoms with van der Waals surface area (Å²) in [6, 6.07) is 3.91. The molecule has 0 aliphatic carbocycles. The lowest BCUT2D eigenvalue weighted by Crippen LogP contribution is -2.57. The van der Waals surface area contributed by atoms with Crippen molar-refractivity contribution in [2.75, 3.05) is 24.5 Å². The molecule has 5 nitrogen and oxygen atoms in total. The molecular weight excluding hydrogens is 274 g/mol. The van der Waals surface area contributed by atoms with Crippen molar-refractivity contribution in [3.8, 4) is 11.4 Å². The van der Waals surface area contributed by atoms with Crippen LogP contribution >= 0.6 is 0 Å². The number of hydrogen-bond donors (Lipinski definition) is 1. The molecule has 1 saturated heterocycles. The summed E-state index contributed by atoms with van der Waals surface area (Å²) in [5.41, 5.74) is 3.30. The number of piperazine rings is 1. The largest absolute Gasteiger partial charge is 0.353 e. The summed E-state index contributed by atoms with van der Waals surface area (Å²) in [5, 5.41) is 3.55.